The zero-order valence-electron chi connectivity index (χ0n) is 11.3. The zero-order chi connectivity index (χ0) is 14.8. The standard InChI is InChI=1S/C14H18N2O2S2/c1-16-13(19)14(7-2-3-8-20(14)18)11-6-4-5-10(9-11)12(15)17/h4-6,9H,2-3,7-8H2,1H3,(H2,15,17)(H,16,19)/t14-,20-/m0/s1. The molecule has 0 saturated carbocycles. The summed E-state index contributed by atoms with van der Waals surface area (Å²) in [4.78, 5) is 11.9. The first-order chi connectivity index (χ1) is 9.52. The quantitative estimate of drug-likeness (QED) is 0.829. The Labute approximate surface area is 126 Å². The molecule has 6 heteroatoms. The number of benzene rings is 1. The largest absolute Gasteiger partial charge is 0.381 e. The van der Waals surface area contributed by atoms with Gasteiger partial charge in [0.05, 0.1) is 4.99 Å². The highest BCUT2D eigenvalue weighted by Gasteiger charge is 2.44. The van der Waals surface area contributed by atoms with Crippen molar-refractivity contribution < 1.29 is 9.00 Å². The summed E-state index contributed by atoms with van der Waals surface area (Å²) in [6.07, 6.45) is 2.63. The Morgan fingerprint density at radius 2 is 2.20 bits per heavy atom. The number of likely N-dealkylation sites (N-methyl/N-ethyl adjacent to an activating group) is 1. The Balaban J connectivity index is 2.57. The van der Waals surface area contributed by atoms with E-state index in [1.54, 1.807) is 25.2 Å². The summed E-state index contributed by atoms with van der Waals surface area (Å²) in [7, 11) is 0.649. The lowest BCUT2D eigenvalue weighted by molar-refractivity contribution is 0.1000. The molecule has 1 saturated heterocycles. The van der Waals surface area contributed by atoms with E-state index in [2.05, 4.69) is 5.32 Å². The summed E-state index contributed by atoms with van der Waals surface area (Å²) >= 11 is 5.44. The number of thiocarbonyl (C=S) groups is 1. The molecule has 3 N–H and O–H groups in total. The van der Waals surface area contributed by atoms with Gasteiger partial charge in [-0.2, -0.15) is 0 Å². The van der Waals surface area contributed by atoms with Gasteiger partial charge in [0, 0.05) is 29.2 Å². The molecule has 1 aromatic rings. The van der Waals surface area contributed by atoms with Crippen molar-refractivity contribution in [2.45, 2.75) is 24.0 Å². The van der Waals surface area contributed by atoms with Crippen molar-refractivity contribution in [3.63, 3.8) is 0 Å². The SMILES string of the molecule is CNC(=S)[C@@]1(c2cccc(C(N)=O)c2)CCCC[S@@]1=O. The van der Waals surface area contributed by atoms with E-state index in [9.17, 15) is 9.00 Å². The van der Waals surface area contributed by atoms with Gasteiger partial charge in [0.1, 0.15) is 4.75 Å². The lowest BCUT2D eigenvalue weighted by atomic mass is 9.90. The van der Waals surface area contributed by atoms with Gasteiger partial charge in [-0.05, 0) is 30.5 Å². The summed E-state index contributed by atoms with van der Waals surface area (Å²) in [5, 5.41) is 2.98. The minimum Gasteiger partial charge on any atom is -0.381 e. The lowest BCUT2D eigenvalue weighted by Gasteiger charge is -2.37. The summed E-state index contributed by atoms with van der Waals surface area (Å²) in [6, 6.07) is 7.02. The average molecular weight is 310 g/mol. The number of rotatable bonds is 3. The second kappa shape index (κ2) is 6.01. The highest BCUT2D eigenvalue weighted by Crippen LogP contribution is 2.39. The molecule has 1 aromatic carbocycles. The van der Waals surface area contributed by atoms with Crippen LogP contribution in [-0.2, 0) is 15.5 Å². The zero-order valence-corrected chi connectivity index (χ0v) is 13.0. The molecule has 20 heavy (non-hydrogen) atoms. The molecule has 108 valence electrons. The molecule has 1 aliphatic heterocycles. The molecule has 1 fully saturated rings. The van der Waals surface area contributed by atoms with Crippen LogP contribution in [0, 0.1) is 0 Å². The van der Waals surface area contributed by atoms with E-state index in [4.69, 9.17) is 18.0 Å². The predicted octanol–water partition coefficient (Wildman–Crippen LogP) is 1.46. The minimum absolute atomic E-state index is 0.420. The van der Waals surface area contributed by atoms with E-state index >= 15 is 0 Å². The third-order valence-electron chi connectivity index (χ3n) is 3.70. The number of nitrogens with two attached hydrogens (primary N) is 1. The topological polar surface area (TPSA) is 72.2 Å². The molecule has 1 amide bonds. The second-order valence-corrected chi connectivity index (χ2v) is 7.06. The first-order valence-electron chi connectivity index (χ1n) is 6.53. The van der Waals surface area contributed by atoms with Crippen LogP contribution in [0.25, 0.3) is 0 Å². The molecule has 1 heterocycles. The molecular weight excluding hydrogens is 292 g/mol. The Bertz CT molecular complexity index is 564. The van der Waals surface area contributed by atoms with Crippen molar-refractivity contribution >= 4 is 33.9 Å². The first kappa shape index (κ1) is 15.1. The van der Waals surface area contributed by atoms with E-state index in [0.717, 1.165) is 24.8 Å². The van der Waals surface area contributed by atoms with Crippen LogP contribution >= 0.6 is 12.2 Å². The van der Waals surface area contributed by atoms with Gasteiger partial charge in [-0.1, -0.05) is 30.8 Å². The monoisotopic (exact) mass is 310 g/mol. The Hall–Kier alpha value is -1.27. The molecule has 4 nitrogen and oxygen atoms in total. The Morgan fingerprint density at radius 3 is 2.80 bits per heavy atom. The van der Waals surface area contributed by atoms with E-state index < -0.39 is 21.5 Å². The second-order valence-electron chi connectivity index (χ2n) is 4.86. The molecule has 0 unspecified atom stereocenters. The molecule has 0 aliphatic carbocycles. The van der Waals surface area contributed by atoms with Gasteiger partial charge in [0.15, 0.2) is 0 Å². The van der Waals surface area contributed by atoms with Crippen molar-refractivity contribution in [3.8, 4) is 0 Å². The van der Waals surface area contributed by atoms with Gasteiger partial charge in [-0.25, -0.2) is 0 Å². The van der Waals surface area contributed by atoms with Gasteiger partial charge in [-0.3, -0.25) is 9.00 Å². The fraction of sp³-hybridized carbons (Fsp3) is 0.429. The lowest BCUT2D eigenvalue weighted by Crippen LogP contribution is -2.48. The van der Waals surface area contributed by atoms with Gasteiger partial charge in [0.2, 0.25) is 5.91 Å². The number of hydrogen-bond donors (Lipinski definition) is 2. The number of amides is 1. The van der Waals surface area contributed by atoms with Crippen molar-refractivity contribution in [3.05, 3.63) is 35.4 Å². The van der Waals surface area contributed by atoms with Crippen molar-refractivity contribution in [1.82, 2.24) is 5.32 Å². The molecule has 2 atom stereocenters. The summed E-state index contributed by atoms with van der Waals surface area (Å²) in [5.74, 6) is 0.141. The van der Waals surface area contributed by atoms with Gasteiger partial charge >= 0.3 is 0 Å². The highest BCUT2D eigenvalue weighted by molar-refractivity contribution is 7.90. The normalized spacial score (nSPS) is 25.9. The average Bonchev–Trinajstić information content (AvgIpc) is 2.47. The maximum atomic E-state index is 12.7. The van der Waals surface area contributed by atoms with Crippen molar-refractivity contribution in [2.24, 2.45) is 5.73 Å². The van der Waals surface area contributed by atoms with Crippen LogP contribution in [0.3, 0.4) is 0 Å². The minimum atomic E-state index is -1.09. The summed E-state index contributed by atoms with van der Waals surface area (Å²) in [5.41, 5.74) is 6.57. The number of carbonyl (C=O) groups is 1. The third kappa shape index (κ3) is 2.50. The predicted molar refractivity (Wildman–Crippen MR) is 85.2 cm³/mol. The molecule has 1 aliphatic rings. The Morgan fingerprint density at radius 1 is 1.45 bits per heavy atom. The number of hydrogen-bond acceptors (Lipinski definition) is 3. The number of nitrogens with one attached hydrogen (secondary N) is 1. The highest BCUT2D eigenvalue weighted by atomic mass is 32.2. The maximum absolute atomic E-state index is 12.7. The van der Waals surface area contributed by atoms with E-state index in [0.29, 0.717) is 16.3 Å². The van der Waals surface area contributed by atoms with Crippen LogP contribution in [-0.4, -0.2) is 27.9 Å². The Kier molecular flexibility index (Phi) is 4.55. The van der Waals surface area contributed by atoms with Crippen LogP contribution in [0.1, 0.15) is 35.2 Å². The summed E-state index contributed by atoms with van der Waals surface area (Å²) < 4.78 is 12.0. The van der Waals surface area contributed by atoms with E-state index in [-0.39, 0.29) is 0 Å². The van der Waals surface area contributed by atoms with Crippen LogP contribution in [0.2, 0.25) is 0 Å². The smallest absolute Gasteiger partial charge is 0.248 e. The van der Waals surface area contributed by atoms with Gasteiger partial charge in [-0.15, -0.1) is 0 Å². The van der Waals surface area contributed by atoms with Crippen LogP contribution in [0.4, 0.5) is 0 Å². The van der Waals surface area contributed by atoms with Crippen LogP contribution in [0.15, 0.2) is 24.3 Å². The molecule has 0 radical (unpaired) electrons. The van der Waals surface area contributed by atoms with E-state index in [1.165, 1.54) is 0 Å². The molecule has 0 aromatic heterocycles. The molecule has 0 spiro atoms. The fourth-order valence-electron chi connectivity index (χ4n) is 2.64. The molecule has 0 bridgehead atoms. The van der Waals surface area contributed by atoms with E-state index in [1.807, 2.05) is 6.07 Å². The van der Waals surface area contributed by atoms with Crippen molar-refractivity contribution in [1.29, 1.82) is 0 Å². The van der Waals surface area contributed by atoms with Crippen LogP contribution in [0.5, 0.6) is 0 Å². The maximum Gasteiger partial charge on any atom is 0.248 e. The number of primary amides is 1. The number of carbonyl (C=O) groups excluding carboxylic acids is 1. The van der Waals surface area contributed by atoms with Gasteiger partial charge < -0.3 is 11.1 Å². The molecule has 2 rings (SSSR count). The summed E-state index contributed by atoms with van der Waals surface area (Å²) in [6.45, 7) is 0. The van der Waals surface area contributed by atoms with Gasteiger partial charge in [0.25, 0.3) is 0 Å². The fourth-order valence-corrected chi connectivity index (χ4v) is 5.03. The van der Waals surface area contributed by atoms with Crippen molar-refractivity contribution in [2.75, 3.05) is 12.8 Å². The molecular formula is C14H18N2O2S2. The van der Waals surface area contributed by atoms with Crippen LogP contribution < -0.4 is 11.1 Å². The third-order valence-corrected chi connectivity index (χ3v) is 6.47. The first-order valence-corrected chi connectivity index (χ1v) is 8.26.